The SMILES string of the molecule is O=C(O)CC1(CNC(=O)c2ccc(Cl)cn2)CCCCC1. The number of pyridine rings is 1. The predicted molar refractivity (Wildman–Crippen MR) is 79.4 cm³/mol. The molecule has 2 N–H and O–H groups in total. The van der Waals surface area contributed by atoms with Crippen LogP contribution in [0.4, 0.5) is 0 Å². The number of nitrogens with one attached hydrogen (secondary N) is 1. The molecule has 5 nitrogen and oxygen atoms in total. The maximum atomic E-state index is 12.1. The average Bonchev–Trinajstić information content (AvgIpc) is 2.46. The number of carbonyl (C=O) groups excluding carboxylic acids is 1. The van der Waals surface area contributed by atoms with Crippen molar-refractivity contribution in [3.8, 4) is 0 Å². The van der Waals surface area contributed by atoms with Crippen molar-refractivity contribution in [3.05, 3.63) is 29.0 Å². The van der Waals surface area contributed by atoms with Crippen molar-refractivity contribution in [2.24, 2.45) is 5.41 Å². The minimum atomic E-state index is -0.809. The van der Waals surface area contributed by atoms with E-state index in [2.05, 4.69) is 10.3 Å². The summed E-state index contributed by atoms with van der Waals surface area (Å²) in [5.74, 6) is -1.10. The Morgan fingerprint density at radius 2 is 2.00 bits per heavy atom. The number of carbonyl (C=O) groups is 2. The van der Waals surface area contributed by atoms with E-state index in [0.717, 1.165) is 32.1 Å². The Kier molecular flexibility index (Phi) is 5.17. The van der Waals surface area contributed by atoms with Crippen LogP contribution in [-0.4, -0.2) is 28.5 Å². The molecule has 0 spiro atoms. The summed E-state index contributed by atoms with van der Waals surface area (Å²) in [5, 5.41) is 12.4. The van der Waals surface area contributed by atoms with E-state index >= 15 is 0 Å². The first kappa shape index (κ1) is 15.8. The van der Waals surface area contributed by atoms with Crippen LogP contribution in [0, 0.1) is 5.41 Å². The Balaban J connectivity index is 1.99. The van der Waals surface area contributed by atoms with Gasteiger partial charge < -0.3 is 10.4 Å². The topological polar surface area (TPSA) is 79.3 Å². The summed E-state index contributed by atoms with van der Waals surface area (Å²) < 4.78 is 0. The van der Waals surface area contributed by atoms with E-state index in [4.69, 9.17) is 16.7 Å². The van der Waals surface area contributed by atoms with Gasteiger partial charge in [0.15, 0.2) is 0 Å². The Morgan fingerprint density at radius 3 is 2.57 bits per heavy atom. The maximum Gasteiger partial charge on any atom is 0.303 e. The molecular weight excluding hydrogens is 292 g/mol. The van der Waals surface area contributed by atoms with Gasteiger partial charge in [-0.25, -0.2) is 4.98 Å². The van der Waals surface area contributed by atoms with Crippen LogP contribution in [0.2, 0.25) is 5.02 Å². The van der Waals surface area contributed by atoms with E-state index in [1.54, 1.807) is 12.1 Å². The third-order valence-electron chi connectivity index (χ3n) is 4.02. The van der Waals surface area contributed by atoms with Crippen LogP contribution in [0.25, 0.3) is 0 Å². The highest BCUT2D eigenvalue weighted by molar-refractivity contribution is 6.30. The van der Waals surface area contributed by atoms with Crippen LogP contribution >= 0.6 is 11.6 Å². The lowest BCUT2D eigenvalue weighted by atomic mass is 9.71. The fourth-order valence-electron chi connectivity index (χ4n) is 2.91. The molecule has 1 heterocycles. The number of hydrogen-bond donors (Lipinski definition) is 2. The largest absolute Gasteiger partial charge is 0.481 e. The van der Waals surface area contributed by atoms with Crippen LogP contribution in [-0.2, 0) is 4.79 Å². The summed E-state index contributed by atoms with van der Waals surface area (Å²) in [7, 11) is 0. The molecule has 1 aromatic heterocycles. The lowest BCUT2D eigenvalue weighted by Crippen LogP contribution is -2.40. The molecule has 0 bridgehead atoms. The molecule has 0 aromatic carbocycles. The zero-order valence-electron chi connectivity index (χ0n) is 11.8. The quantitative estimate of drug-likeness (QED) is 0.876. The molecule has 0 aliphatic heterocycles. The molecule has 1 saturated carbocycles. The number of carboxylic acids is 1. The molecule has 1 aromatic rings. The molecule has 1 fully saturated rings. The molecule has 21 heavy (non-hydrogen) atoms. The Morgan fingerprint density at radius 1 is 1.29 bits per heavy atom. The number of halogens is 1. The molecule has 1 amide bonds. The van der Waals surface area contributed by atoms with Crippen LogP contribution in [0.3, 0.4) is 0 Å². The Bertz CT molecular complexity index is 510. The van der Waals surface area contributed by atoms with Gasteiger partial charge in [-0.1, -0.05) is 30.9 Å². The van der Waals surface area contributed by atoms with Crippen molar-refractivity contribution in [3.63, 3.8) is 0 Å². The monoisotopic (exact) mass is 310 g/mol. The van der Waals surface area contributed by atoms with E-state index < -0.39 is 5.97 Å². The molecule has 0 radical (unpaired) electrons. The number of carboxylic acid groups (broad SMARTS) is 1. The highest BCUT2D eigenvalue weighted by atomic mass is 35.5. The number of aromatic nitrogens is 1. The second-order valence-electron chi connectivity index (χ2n) is 5.68. The molecule has 0 saturated heterocycles. The second-order valence-corrected chi connectivity index (χ2v) is 6.11. The molecule has 0 atom stereocenters. The van der Waals surface area contributed by atoms with Crippen LogP contribution in [0.15, 0.2) is 18.3 Å². The smallest absolute Gasteiger partial charge is 0.303 e. The van der Waals surface area contributed by atoms with Gasteiger partial charge in [0.25, 0.3) is 5.91 Å². The Hall–Kier alpha value is -1.62. The van der Waals surface area contributed by atoms with Crippen molar-refractivity contribution in [2.45, 2.75) is 38.5 Å². The lowest BCUT2D eigenvalue weighted by Gasteiger charge is -2.36. The summed E-state index contributed by atoms with van der Waals surface area (Å²) in [6.07, 6.45) is 6.37. The molecule has 1 aliphatic carbocycles. The summed E-state index contributed by atoms with van der Waals surface area (Å²) in [6.45, 7) is 0.377. The van der Waals surface area contributed by atoms with Gasteiger partial charge in [0.05, 0.1) is 11.4 Å². The predicted octanol–water partition coefficient (Wildman–Crippen LogP) is 2.89. The molecule has 1 aliphatic rings. The van der Waals surface area contributed by atoms with Crippen LogP contribution in [0.5, 0.6) is 0 Å². The van der Waals surface area contributed by atoms with Gasteiger partial charge in [-0.05, 0) is 30.4 Å². The first-order valence-electron chi connectivity index (χ1n) is 7.12. The normalized spacial score (nSPS) is 17.2. The van der Waals surface area contributed by atoms with E-state index in [0.29, 0.717) is 17.3 Å². The van der Waals surface area contributed by atoms with Crippen molar-refractivity contribution in [1.29, 1.82) is 0 Å². The number of aliphatic carboxylic acids is 1. The highest BCUT2D eigenvalue weighted by Crippen LogP contribution is 2.38. The molecule has 114 valence electrons. The van der Waals surface area contributed by atoms with Gasteiger partial charge in [0.2, 0.25) is 0 Å². The number of hydrogen-bond acceptors (Lipinski definition) is 3. The van der Waals surface area contributed by atoms with Crippen molar-refractivity contribution in [2.75, 3.05) is 6.54 Å². The Labute approximate surface area is 128 Å². The average molecular weight is 311 g/mol. The van der Waals surface area contributed by atoms with Gasteiger partial charge in [0.1, 0.15) is 5.69 Å². The fraction of sp³-hybridized carbons (Fsp3) is 0.533. The van der Waals surface area contributed by atoms with Crippen molar-refractivity contribution in [1.82, 2.24) is 10.3 Å². The van der Waals surface area contributed by atoms with E-state index in [1.165, 1.54) is 6.20 Å². The maximum absolute atomic E-state index is 12.1. The first-order chi connectivity index (χ1) is 10.0. The molecule has 6 heteroatoms. The molecular formula is C15H19ClN2O3. The van der Waals surface area contributed by atoms with E-state index in [-0.39, 0.29) is 17.7 Å². The summed E-state index contributed by atoms with van der Waals surface area (Å²) in [4.78, 5) is 27.1. The summed E-state index contributed by atoms with van der Waals surface area (Å²) in [6, 6.07) is 3.17. The van der Waals surface area contributed by atoms with Gasteiger partial charge in [-0.2, -0.15) is 0 Å². The standard InChI is InChI=1S/C15H19ClN2O3/c16-11-4-5-12(17-9-11)14(21)18-10-15(8-13(19)20)6-2-1-3-7-15/h4-5,9H,1-3,6-8,10H2,(H,18,21)(H,19,20). The van der Waals surface area contributed by atoms with Crippen LogP contribution < -0.4 is 5.32 Å². The minimum absolute atomic E-state index is 0.0985. The fourth-order valence-corrected chi connectivity index (χ4v) is 3.02. The van der Waals surface area contributed by atoms with Crippen LogP contribution in [0.1, 0.15) is 49.0 Å². The molecule has 2 rings (SSSR count). The third kappa shape index (κ3) is 4.43. The third-order valence-corrected chi connectivity index (χ3v) is 4.25. The number of amides is 1. The van der Waals surface area contributed by atoms with Gasteiger partial charge in [-0.15, -0.1) is 0 Å². The van der Waals surface area contributed by atoms with E-state index in [1.807, 2.05) is 0 Å². The zero-order valence-corrected chi connectivity index (χ0v) is 12.5. The molecule has 0 unspecified atom stereocenters. The van der Waals surface area contributed by atoms with Gasteiger partial charge in [-0.3, -0.25) is 9.59 Å². The lowest BCUT2D eigenvalue weighted by molar-refractivity contribution is -0.140. The number of rotatable bonds is 5. The second kappa shape index (κ2) is 6.89. The zero-order chi connectivity index (χ0) is 15.3. The summed E-state index contributed by atoms with van der Waals surface area (Å²) >= 11 is 5.74. The van der Waals surface area contributed by atoms with Gasteiger partial charge in [0, 0.05) is 12.7 Å². The highest BCUT2D eigenvalue weighted by Gasteiger charge is 2.34. The van der Waals surface area contributed by atoms with Gasteiger partial charge >= 0.3 is 5.97 Å². The van der Waals surface area contributed by atoms with E-state index in [9.17, 15) is 9.59 Å². The number of nitrogens with zero attached hydrogens (tertiary/aromatic N) is 1. The minimum Gasteiger partial charge on any atom is -0.481 e. The summed E-state index contributed by atoms with van der Waals surface area (Å²) in [5.41, 5.74) is -0.0349. The van der Waals surface area contributed by atoms with Crippen molar-refractivity contribution < 1.29 is 14.7 Å². The first-order valence-corrected chi connectivity index (χ1v) is 7.50. The van der Waals surface area contributed by atoms with Crippen molar-refractivity contribution >= 4 is 23.5 Å².